The maximum atomic E-state index is 5.63. The summed E-state index contributed by atoms with van der Waals surface area (Å²) in [6, 6.07) is 0.627. The molecule has 2 aliphatic heterocycles. The van der Waals surface area contributed by atoms with Gasteiger partial charge in [0.25, 0.3) is 0 Å². The number of likely N-dealkylation sites (N-methyl/N-ethyl adjacent to an activating group) is 1. The molecule has 3 unspecified atom stereocenters. The van der Waals surface area contributed by atoms with Crippen molar-refractivity contribution in [1.82, 2.24) is 10.2 Å². The Morgan fingerprint density at radius 3 is 2.87 bits per heavy atom. The molecule has 0 aromatic rings. The molecule has 0 radical (unpaired) electrons. The maximum Gasteiger partial charge on any atom is 0.0702 e. The molecule has 2 saturated heterocycles. The molecule has 2 fully saturated rings. The Labute approximate surface area is 93.2 Å². The third-order valence-corrected chi connectivity index (χ3v) is 3.99. The van der Waals surface area contributed by atoms with Crippen molar-refractivity contribution in [3.63, 3.8) is 0 Å². The standard InChI is InChI=1S/C12H24N2O/c1-10-11(4-7-15-10)14(3)9-12(2)5-6-13-8-12/h10-11,13H,4-9H2,1-3H3. The van der Waals surface area contributed by atoms with E-state index in [9.17, 15) is 0 Å². The minimum atomic E-state index is 0.410. The van der Waals surface area contributed by atoms with Crippen LogP contribution in [0.25, 0.3) is 0 Å². The van der Waals surface area contributed by atoms with Gasteiger partial charge in [0, 0.05) is 25.7 Å². The van der Waals surface area contributed by atoms with E-state index in [1.807, 2.05) is 0 Å². The fourth-order valence-electron chi connectivity index (χ4n) is 3.02. The molecule has 0 amide bonds. The summed E-state index contributed by atoms with van der Waals surface area (Å²) in [6.45, 7) is 9.07. The van der Waals surface area contributed by atoms with Gasteiger partial charge in [0.15, 0.2) is 0 Å². The Balaban J connectivity index is 1.88. The molecule has 15 heavy (non-hydrogen) atoms. The van der Waals surface area contributed by atoms with E-state index in [1.54, 1.807) is 0 Å². The fraction of sp³-hybridized carbons (Fsp3) is 1.00. The molecule has 2 rings (SSSR count). The summed E-state index contributed by atoms with van der Waals surface area (Å²) >= 11 is 0. The van der Waals surface area contributed by atoms with Gasteiger partial charge >= 0.3 is 0 Å². The fourth-order valence-corrected chi connectivity index (χ4v) is 3.02. The van der Waals surface area contributed by atoms with Crippen molar-refractivity contribution in [3.8, 4) is 0 Å². The molecule has 3 nitrogen and oxygen atoms in total. The van der Waals surface area contributed by atoms with Crippen LogP contribution < -0.4 is 5.32 Å². The van der Waals surface area contributed by atoms with Crippen molar-refractivity contribution in [2.45, 2.75) is 38.8 Å². The first-order valence-electron chi connectivity index (χ1n) is 6.13. The molecule has 0 bridgehead atoms. The highest BCUT2D eigenvalue weighted by Crippen LogP contribution is 2.28. The van der Waals surface area contributed by atoms with E-state index in [1.165, 1.54) is 32.5 Å². The van der Waals surface area contributed by atoms with Gasteiger partial charge in [-0.25, -0.2) is 0 Å². The molecule has 2 aliphatic rings. The highest BCUT2D eigenvalue weighted by Gasteiger charge is 2.34. The van der Waals surface area contributed by atoms with E-state index < -0.39 is 0 Å². The molecule has 0 aromatic carbocycles. The smallest absolute Gasteiger partial charge is 0.0702 e. The lowest BCUT2D eigenvalue weighted by Crippen LogP contribution is -2.43. The Morgan fingerprint density at radius 2 is 2.33 bits per heavy atom. The van der Waals surface area contributed by atoms with Crippen molar-refractivity contribution in [2.75, 3.05) is 33.3 Å². The third-order valence-electron chi connectivity index (χ3n) is 3.99. The Bertz CT molecular complexity index is 214. The Morgan fingerprint density at radius 1 is 1.53 bits per heavy atom. The summed E-state index contributed by atoms with van der Waals surface area (Å²) in [6.07, 6.45) is 2.91. The summed E-state index contributed by atoms with van der Waals surface area (Å²) in [5, 5.41) is 3.46. The molecule has 2 heterocycles. The van der Waals surface area contributed by atoms with Crippen LogP contribution in [0.5, 0.6) is 0 Å². The molecule has 0 spiro atoms. The molecular formula is C12H24N2O. The Hall–Kier alpha value is -0.120. The van der Waals surface area contributed by atoms with E-state index in [4.69, 9.17) is 4.74 Å². The molecule has 3 heteroatoms. The molecule has 0 saturated carbocycles. The summed E-state index contributed by atoms with van der Waals surface area (Å²) in [7, 11) is 2.25. The van der Waals surface area contributed by atoms with Crippen LogP contribution >= 0.6 is 0 Å². The maximum absolute atomic E-state index is 5.63. The van der Waals surface area contributed by atoms with Crippen molar-refractivity contribution in [1.29, 1.82) is 0 Å². The van der Waals surface area contributed by atoms with Gasteiger partial charge in [0.1, 0.15) is 0 Å². The third kappa shape index (κ3) is 2.52. The van der Waals surface area contributed by atoms with Gasteiger partial charge in [-0.05, 0) is 38.8 Å². The summed E-state index contributed by atoms with van der Waals surface area (Å²) in [4.78, 5) is 2.50. The first-order chi connectivity index (χ1) is 7.11. The van der Waals surface area contributed by atoms with Gasteiger partial charge in [-0.1, -0.05) is 6.92 Å². The van der Waals surface area contributed by atoms with Crippen molar-refractivity contribution in [2.24, 2.45) is 5.41 Å². The van der Waals surface area contributed by atoms with Crippen LogP contribution in [-0.4, -0.2) is 50.3 Å². The first-order valence-corrected chi connectivity index (χ1v) is 6.13. The van der Waals surface area contributed by atoms with Crippen molar-refractivity contribution >= 4 is 0 Å². The average molecular weight is 212 g/mol. The molecule has 1 N–H and O–H groups in total. The highest BCUT2D eigenvalue weighted by atomic mass is 16.5. The van der Waals surface area contributed by atoms with Crippen LogP contribution in [0.15, 0.2) is 0 Å². The second-order valence-electron chi connectivity index (χ2n) is 5.58. The summed E-state index contributed by atoms with van der Waals surface area (Å²) < 4.78 is 5.63. The van der Waals surface area contributed by atoms with E-state index in [2.05, 4.69) is 31.1 Å². The zero-order valence-corrected chi connectivity index (χ0v) is 10.3. The van der Waals surface area contributed by atoms with Gasteiger partial charge in [0.2, 0.25) is 0 Å². The zero-order chi connectivity index (χ0) is 10.9. The van der Waals surface area contributed by atoms with Gasteiger partial charge in [0.05, 0.1) is 6.10 Å². The first kappa shape index (κ1) is 11.4. The van der Waals surface area contributed by atoms with E-state index in [-0.39, 0.29) is 0 Å². The second kappa shape index (κ2) is 4.40. The van der Waals surface area contributed by atoms with E-state index in [0.717, 1.165) is 6.61 Å². The predicted molar refractivity (Wildman–Crippen MR) is 62.0 cm³/mol. The largest absolute Gasteiger partial charge is 0.377 e. The topological polar surface area (TPSA) is 24.5 Å². The van der Waals surface area contributed by atoms with Gasteiger partial charge in [-0.2, -0.15) is 0 Å². The van der Waals surface area contributed by atoms with Crippen LogP contribution in [0.3, 0.4) is 0 Å². The second-order valence-corrected chi connectivity index (χ2v) is 5.58. The molecule has 3 atom stereocenters. The molecule has 88 valence electrons. The predicted octanol–water partition coefficient (Wildman–Crippen LogP) is 1.10. The quantitative estimate of drug-likeness (QED) is 0.758. The summed E-state index contributed by atoms with van der Waals surface area (Å²) in [5.74, 6) is 0. The minimum absolute atomic E-state index is 0.410. The zero-order valence-electron chi connectivity index (χ0n) is 10.3. The summed E-state index contributed by atoms with van der Waals surface area (Å²) in [5.41, 5.74) is 0.469. The number of hydrogen-bond acceptors (Lipinski definition) is 3. The lowest BCUT2D eigenvalue weighted by Gasteiger charge is -2.34. The van der Waals surface area contributed by atoms with Gasteiger partial charge in [-0.15, -0.1) is 0 Å². The van der Waals surface area contributed by atoms with Crippen LogP contribution in [0.1, 0.15) is 26.7 Å². The van der Waals surface area contributed by atoms with Crippen molar-refractivity contribution in [3.05, 3.63) is 0 Å². The number of nitrogens with one attached hydrogen (secondary N) is 1. The molecule has 0 aromatic heterocycles. The minimum Gasteiger partial charge on any atom is -0.377 e. The Kier molecular flexibility index (Phi) is 3.33. The molecular weight excluding hydrogens is 188 g/mol. The lowest BCUT2D eigenvalue weighted by molar-refractivity contribution is 0.0695. The average Bonchev–Trinajstić information content (AvgIpc) is 2.74. The monoisotopic (exact) mass is 212 g/mol. The number of nitrogens with zero attached hydrogens (tertiary/aromatic N) is 1. The number of ether oxygens (including phenoxy) is 1. The lowest BCUT2D eigenvalue weighted by atomic mass is 9.88. The van der Waals surface area contributed by atoms with Crippen molar-refractivity contribution < 1.29 is 4.74 Å². The van der Waals surface area contributed by atoms with Crippen LogP contribution in [-0.2, 0) is 4.74 Å². The normalized spacial score (nSPS) is 41.6. The SMILES string of the molecule is CC1OCCC1N(C)CC1(C)CCNC1. The van der Waals surface area contributed by atoms with Crippen LogP contribution in [0.2, 0.25) is 0 Å². The van der Waals surface area contributed by atoms with E-state index in [0.29, 0.717) is 17.6 Å². The van der Waals surface area contributed by atoms with Gasteiger partial charge in [-0.3, -0.25) is 0 Å². The number of rotatable bonds is 3. The number of hydrogen-bond donors (Lipinski definition) is 1. The van der Waals surface area contributed by atoms with Crippen LogP contribution in [0.4, 0.5) is 0 Å². The van der Waals surface area contributed by atoms with Gasteiger partial charge < -0.3 is 15.0 Å². The highest BCUT2D eigenvalue weighted by molar-refractivity contribution is 4.89. The van der Waals surface area contributed by atoms with Crippen LogP contribution in [0, 0.1) is 5.41 Å². The molecule has 0 aliphatic carbocycles. The van der Waals surface area contributed by atoms with E-state index >= 15 is 0 Å².